The second kappa shape index (κ2) is 4.17. The van der Waals surface area contributed by atoms with E-state index >= 15 is 0 Å². The van der Waals surface area contributed by atoms with E-state index in [1.54, 1.807) is 11.3 Å². The lowest BCUT2D eigenvalue weighted by Gasteiger charge is -2.24. The van der Waals surface area contributed by atoms with E-state index in [-0.39, 0.29) is 17.5 Å². The summed E-state index contributed by atoms with van der Waals surface area (Å²) in [5, 5.41) is 2.97. The summed E-state index contributed by atoms with van der Waals surface area (Å²) in [4.78, 5) is 11.4. The van der Waals surface area contributed by atoms with Gasteiger partial charge in [-0.1, -0.05) is 0 Å². The van der Waals surface area contributed by atoms with Crippen LogP contribution < -0.4 is 4.90 Å². The van der Waals surface area contributed by atoms with Gasteiger partial charge in [0.05, 0.1) is 16.9 Å². The van der Waals surface area contributed by atoms with Crippen LogP contribution in [0, 0.1) is 0 Å². The number of aromatic nitrogens is 2. The van der Waals surface area contributed by atoms with Gasteiger partial charge in [-0.3, -0.25) is 0 Å². The van der Waals surface area contributed by atoms with Crippen molar-refractivity contribution in [1.82, 2.24) is 9.97 Å². The fourth-order valence-electron chi connectivity index (χ4n) is 2.31. The SMILES string of the molecule is CN(c1ncnc2sccc12)[C@@H]1CCS(=O)(=O)C1. The number of thiophene rings is 1. The maximum absolute atomic E-state index is 11.5. The zero-order chi connectivity index (χ0) is 12.8. The first-order valence-corrected chi connectivity index (χ1v) is 8.38. The van der Waals surface area contributed by atoms with Crippen molar-refractivity contribution in [3.63, 3.8) is 0 Å². The molecule has 3 rings (SSSR count). The van der Waals surface area contributed by atoms with Crippen LogP contribution in [0.4, 0.5) is 5.82 Å². The first-order chi connectivity index (χ1) is 8.57. The number of nitrogens with zero attached hydrogens (tertiary/aromatic N) is 3. The van der Waals surface area contributed by atoms with Crippen LogP contribution in [0.3, 0.4) is 0 Å². The number of anilines is 1. The maximum atomic E-state index is 11.5. The molecule has 0 bridgehead atoms. The van der Waals surface area contributed by atoms with Gasteiger partial charge in [0, 0.05) is 13.1 Å². The predicted octanol–water partition coefficient (Wildman–Crippen LogP) is 1.31. The quantitative estimate of drug-likeness (QED) is 0.831. The predicted molar refractivity (Wildman–Crippen MR) is 72.9 cm³/mol. The van der Waals surface area contributed by atoms with Crippen LogP contribution in [0.25, 0.3) is 10.2 Å². The van der Waals surface area contributed by atoms with E-state index in [1.165, 1.54) is 6.33 Å². The second-order valence-corrected chi connectivity index (χ2v) is 7.63. The Morgan fingerprint density at radius 3 is 3.00 bits per heavy atom. The standard InChI is InChI=1S/C11H13N3O2S2/c1-14(8-3-5-18(15,16)6-8)10-9-2-4-17-11(9)13-7-12-10/h2,4,7-8H,3,5-6H2,1H3/t8-/m1/s1. The van der Waals surface area contributed by atoms with E-state index in [9.17, 15) is 8.42 Å². The van der Waals surface area contributed by atoms with E-state index in [2.05, 4.69) is 9.97 Å². The van der Waals surface area contributed by atoms with E-state index < -0.39 is 9.84 Å². The van der Waals surface area contributed by atoms with Crippen molar-refractivity contribution in [1.29, 1.82) is 0 Å². The van der Waals surface area contributed by atoms with E-state index in [0.29, 0.717) is 6.42 Å². The van der Waals surface area contributed by atoms with Crippen LogP contribution in [0.1, 0.15) is 6.42 Å². The molecular weight excluding hydrogens is 270 g/mol. The molecule has 0 aliphatic carbocycles. The highest BCUT2D eigenvalue weighted by atomic mass is 32.2. The van der Waals surface area contributed by atoms with E-state index in [0.717, 1.165) is 16.0 Å². The Hall–Kier alpha value is -1.21. The van der Waals surface area contributed by atoms with Gasteiger partial charge in [-0.2, -0.15) is 0 Å². The van der Waals surface area contributed by atoms with Crippen LogP contribution in [0.15, 0.2) is 17.8 Å². The topological polar surface area (TPSA) is 63.2 Å². The minimum Gasteiger partial charge on any atom is -0.355 e. The Bertz CT molecular complexity index is 680. The molecule has 5 nitrogen and oxygen atoms in total. The molecule has 1 fully saturated rings. The Labute approximate surface area is 109 Å². The Balaban J connectivity index is 1.97. The van der Waals surface area contributed by atoms with Crippen LogP contribution in [-0.2, 0) is 9.84 Å². The monoisotopic (exact) mass is 283 g/mol. The van der Waals surface area contributed by atoms with Gasteiger partial charge in [-0.25, -0.2) is 18.4 Å². The lowest BCUT2D eigenvalue weighted by Crippen LogP contribution is -2.33. The minimum atomic E-state index is -2.87. The highest BCUT2D eigenvalue weighted by Gasteiger charge is 2.31. The zero-order valence-corrected chi connectivity index (χ0v) is 11.5. The first-order valence-electron chi connectivity index (χ1n) is 5.68. The molecule has 1 saturated heterocycles. The van der Waals surface area contributed by atoms with Crippen LogP contribution in [0.2, 0.25) is 0 Å². The van der Waals surface area contributed by atoms with Crippen molar-refractivity contribution >= 4 is 37.2 Å². The summed E-state index contributed by atoms with van der Waals surface area (Å²) in [7, 11) is -0.963. The number of hydrogen-bond donors (Lipinski definition) is 0. The van der Waals surface area contributed by atoms with Gasteiger partial charge in [0.15, 0.2) is 9.84 Å². The molecule has 18 heavy (non-hydrogen) atoms. The van der Waals surface area contributed by atoms with Crippen molar-refractivity contribution in [2.75, 3.05) is 23.5 Å². The third-order valence-electron chi connectivity index (χ3n) is 3.33. The van der Waals surface area contributed by atoms with Crippen molar-refractivity contribution < 1.29 is 8.42 Å². The molecule has 1 atom stereocenters. The number of fused-ring (bicyclic) bond motifs is 1. The van der Waals surface area contributed by atoms with Gasteiger partial charge in [-0.15, -0.1) is 11.3 Å². The van der Waals surface area contributed by atoms with Crippen LogP contribution in [-0.4, -0.2) is 43.0 Å². The molecule has 0 aromatic carbocycles. The number of sulfone groups is 1. The molecule has 2 aromatic heterocycles. The van der Waals surface area contributed by atoms with Gasteiger partial charge >= 0.3 is 0 Å². The highest BCUT2D eigenvalue weighted by Crippen LogP contribution is 2.29. The lowest BCUT2D eigenvalue weighted by molar-refractivity contribution is 0.600. The van der Waals surface area contributed by atoms with Crippen LogP contribution >= 0.6 is 11.3 Å². The summed E-state index contributed by atoms with van der Waals surface area (Å²) in [6.07, 6.45) is 2.21. The molecule has 96 valence electrons. The zero-order valence-electron chi connectivity index (χ0n) is 9.91. The molecule has 7 heteroatoms. The van der Waals surface area contributed by atoms with Crippen molar-refractivity contribution in [3.05, 3.63) is 17.8 Å². The van der Waals surface area contributed by atoms with Gasteiger partial charge < -0.3 is 4.90 Å². The van der Waals surface area contributed by atoms with Crippen molar-refractivity contribution in [2.24, 2.45) is 0 Å². The largest absolute Gasteiger partial charge is 0.355 e. The normalized spacial score (nSPS) is 22.4. The molecule has 3 heterocycles. The molecule has 0 radical (unpaired) electrons. The summed E-state index contributed by atoms with van der Waals surface area (Å²) in [6.45, 7) is 0. The second-order valence-electron chi connectivity index (χ2n) is 4.50. The fraction of sp³-hybridized carbons (Fsp3) is 0.455. The van der Waals surface area contributed by atoms with Crippen LogP contribution in [0.5, 0.6) is 0 Å². The lowest BCUT2D eigenvalue weighted by atomic mass is 10.2. The van der Waals surface area contributed by atoms with Gasteiger partial charge in [-0.05, 0) is 17.9 Å². The molecule has 1 aliphatic heterocycles. The number of rotatable bonds is 2. The smallest absolute Gasteiger partial charge is 0.152 e. The molecule has 0 amide bonds. The summed E-state index contributed by atoms with van der Waals surface area (Å²) in [5.74, 6) is 1.32. The Kier molecular flexibility index (Phi) is 2.74. The molecule has 0 saturated carbocycles. The van der Waals surface area contributed by atoms with E-state index in [4.69, 9.17) is 0 Å². The molecule has 0 unspecified atom stereocenters. The average molecular weight is 283 g/mol. The van der Waals surface area contributed by atoms with Gasteiger partial charge in [0.1, 0.15) is 17.0 Å². The summed E-state index contributed by atoms with van der Waals surface area (Å²) in [6, 6.07) is 2.00. The third-order valence-corrected chi connectivity index (χ3v) is 5.90. The molecule has 1 aliphatic rings. The van der Waals surface area contributed by atoms with Gasteiger partial charge in [0.2, 0.25) is 0 Å². The Morgan fingerprint density at radius 2 is 2.28 bits per heavy atom. The first kappa shape index (κ1) is 11.9. The highest BCUT2D eigenvalue weighted by molar-refractivity contribution is 7.91. The van der Waals surface area contributed by atoms with Crippen molar-refractivity contribution in [3.8, 4) is 0 Å². The minimum absolute atomic E-state index is 0.0213. The molecule has 2 aromatic rings. The van der Waals surface area contributed by atoms with E-state index in [1.807, 2.05) is 23.4 Å². The molecule has 0 spiro atoms. The van der Waals surface area contributed by atoms with Crippen molar-refractivity contribution in [2.45, 2.75) is 12.5 Å². The maximum Gasteiger partial charge on any atom is 0.152 e. The summed E-state index contributed by atoms with van der Waals surface area (Å²) in [5.41, 5.74) is 0. The van der Waals surface area contributed by atoms with Gasteiger partial charge in [0.25, 0.3) is 0 Å². The molecule has 0 N–H and O–H groups in total. The summed E-state index contributed by atoms with van der Waals surface area (Å²) < 4.78 is 23.1. The average Bonchev–Trinajstić information content (AvgIpc) is 2.93. The third kappa shape index (κ3) is 1.97. The number of hydrogen-bond acceptors (Lipinski definition) is 6. The fourth-order valence-corrected chi connectivity index (χ4v) is 4.81. The summed E-state index contributed by atoms with van der Waals surface area (Å²) >= 11 is 1.57. The Morgan fingerprint density at radius 1 is 1.44 bits per heavy atom. The molecular formula is C11H13N3O2S2.